The van der Waals surface area contributed by atoms with Crippen LogP contribution in [0.1, 0.15) is 59.1 Å². The van der Waals surface area contributed by atoms with Gasteiger partial charge in [0.2, 0.25) is 11.6 Å². The fourth-order valence-corrected chi connectivity index (χ4v) is 4.49. The van der Waals surface area contributed by atoms with Crippen LogP contribution in [0.2, 0.25) is 0 Å². The maximum atomic E-state index is 13.2. The SMILES string of the molecule is CCCCc1nc2c(n1Cc1ccc(-c3ccccc3-c3nnn[nH]3)cc1)C(=O)C(C)=C(C#N)C2=O. The minimum Gasteiger partial charge on any atom is -0.320 e. The van der Waals surface area contributed by atoms with Crippen LogP contribution in [0, 0.1) is 11.3 Å². The number of H-pyrrole nitrogens is 1. The van der Waals surface area contributed by atoms with E-state index >= 15 is 0 Å². The fraction of sp³-hybridized carbons (Fsp3) is 0.222. The smallest absolute Gasteiger partial charge is 0.224 e. The molecule has 9 nitrogen and oxygen atoms in total. The Morgan fingerprint density at radius 2 is 1.78 bits per heavy atom. The second kappa shape index (κ2) is 9.50. The summed E-state index contributed by atoms with van der Waals surface area (Å²) in [6.07, 6.45) is 2.47. The van der Waals surface area contributed by atoms with E-state index in [1.165, 1.54) is 6.92 Å². The van der Waals surface area contributed by atoms with Gasteiger partial charge in [-0.3, -0.25) is 9.59 Å². The zero-order valence-corrected chi connectivity index (χ0v) is 19.9. The third-order valence-corrected chi connectivity index (χ3v) is 6.42. The molecule has 9 heteroatoms. The predicted octanol–water partition coefficient (Wildman–Crippen LogP) is 4.34. The van der Waals surface area contributed by atoms with Crippen molar-refractivity contribution in [2.75, 3.05) is 0 Å². The number of ketones is 2. The number of carbonyl (C=O) groups excluding carboxylic acids is 2. The number of Topliss-reactive ketones (excluding diaryl/α,β-unsaturated/α-hetero) is 2. The molecule has 1 aliphatic carbocycles. The summed E-state index contributed by atoms with van der Waals surface area (Å²) in [5.74, 6) is 0.476. The highest BCUT2D eigenvalue weighted by Crippen LogP contribution is 2.31. The van der Waals surface area contributed by atoms with Crippen molar-refractivity contribution in [2.45, 2.75) is 39.7 Å². The quantitative estimate of drug-likeness (QED) is 0.419. The maximum Gasteiger partial charge on any atom is 0.224 e. The second-order valence-corrected chi connectivity index (χ2v) is 8.68. The summed E-state index contributed by atoms with van der Waals surface area (Å²) in [7, 11) is 0. The van der Waals surface area contributed by atoms with Gasteiger partial charge in [-0.2, -0.15) is 5.26 Å². The van der Waals surface area contributed by atoms with E-state index in [2.05, 4.69) is 32.5 Å². The van der Waals surface area contributed by atoms with Crippen LogP contribution in [0.15, 0.2) is 59.7 Å². The molecule has 0 saturated carbocycles. The Bertz CT molecular complexity index is 1540. The number of rotatable bonds is 7. The number of imidazole rings is 1. The molecule has 36 heavy (non-hydrogen) atoms. The van der Waals surface area contributed by atoms with Crippen molar-refractivity contribution in [3.05, 3.63) is 82.5 Å². The van der Waals surface area contributed by atoms with Crippen molar-refractivity contribution >= 4 is 11.6 Å². The van der Waals surface area contributed by atoms with Gasteiger partial charge in [0, 0.05) is 24.1 Å². The van der Waals surface area contributed by atoms with Gasteiger partial charge in [-0.1, -0.05) is 61.9 Å². The Balaban J connectivity index is 1.51. The van der Waals surface area contributed by atoms with Crippen molar-refractivity contribution < 1.29 is 9.59 Å². The average molecular weight is 478 g/mol. The van der Waals surface area contributed by atoms with Crippen LogP contribution in [0.3, 0.4) is 0 Å². The Kier molecular flexibility index (Phi) is 6.09. The summed E-state index contributed by atoms with van der Waals surface area (Å²) >= 11 is 0. The van der Waals surface area contributed by atoms with E-state index in [0.717, 1.165) is 35.1 Å². The van der Waals surface area contributed by atoms with E-state index in [1.54, 1.807) is 0 Å². The lowest BCUT2D eigenvalue weighted by molar-refractivity contribution is 0.0970. The number of allylic oxidation sites excluding steroid dienone is 2. The molecular weight excluding hydrogens is 454 g/mol. The van der Waals surface area contributed by atoms with E-state index in [1.807, 2.05) is 59.2 Å². The van der Waals surface area contributed by atoms with Crippen molar-refractivity contribution in [3.63, 3.8) is 0 Å². The van der Waals surface area contributed by atoms with Gasteiger partial charge in [0.15, 0.2) is 5.82 Å². The van der Waals surface area contributed by atoms with Gasteiger partial charge >= 0.3 is 0 Å². The Labute approximate surface area is 207 Å². The molecule has 178 valence electrons. The highest BCUT2D eigenvalue weighted by Gasteiger charge is 2.36. The van der Waals surface area contributed by atoms with Gasteiger partial charge in [0.25, 0.3) is 0 Å². The first-order valence-corrected chi connectivity index (χ1v) is 11.8. The summed E-state index contributed by atoms with van der Waals surface area (Å²) in [4.78, 5) is 30.6. The average Bonchev–Trinajstić information content (AvgIpc) is 3.56. The molecule has 0 spiro atoms. The van der Waals surface area contributed by atoms with E-state index in [9.17, 15) is 14.9 Å². The lowest BCUT2D eigenvalue weighted by Crippen LogP contribution is -2.23. The minimum atomic E-state index is -0.477. The number of nitriles is 1. The Hall–Kier alpha value is -4.71. The summed E-state index contributed by atoms with van der Waals surface area (Å²) in [5.41, 5.74) is 4.24. The molecule has 0 aliphatic heterocycles. The maximum absolute atomic E-state index is 13.2. The summed E-state index contributed by atoms with van der Waals surface area (Å²) in [6, 6.07) is 17.8. The number of aromatic amines is 1. The highest BCUT2D eigenvalue weighted by atomic mass is 16.1. The van der Waals surface area contributed by atoms with Crippen molar-refractivity contribution in [1.29, 1.82) is 5.26 Å². The van der Waals surface area contributed by atoms with Crippen molar-refractivity contribution in [3.8, 4) is 28.6 Å². The number of hydrogen-bond donors (Lipinski definition) is 1. The molecule has 2 heterocycles. The van der Waals surface area contributed by atoms with E-state index in [4.69, 9.17) is 0 Å². The molecule has 2 aromatic carbocycles. The predicted molar refractivity (Wildman–Crippen MR) is 132 cm³/mol. The molecule has 1 N–H and O–H groups in total. The number of fused-ring (bicyclic) bond motifs is 1. The summed E-state index contributed by atoms with van der Waals surface area (Å²) in [5, 5.41) is 23.6. The largest absolute Gasteiger partial charge is 0.320 e. The molecule has 1 aliphatic rings. The first-order valence-electron chi connectivity index (χ1n) is 11.8. The third kappa shape index (κ3) is 3.92. The standard InChI is InChI=1S/C27H23N7O2/c1-3-4-9-22-29-23-24(25(35)16(2)21(14-28)26(23)36)34(22)15-17-10-12-18(13-11-17)19-7-5-6-8-20(19)27-30-32-33-31-27/h5-8,10-13H,3-4,9,15H2,1-2H3,(H,30,31,32,33). The molecule has 0 fully saturated rings. The van der Waals surface area contributed by atoms with E-state index in [0.29, 0.717) is 24.6 Å². The highest BCUT2D eigenvalue weighted by molar-refractivity contribution is 6.27. The molecular formula is C27H23N7O2. The number of nitrogens with one attached hydrogen (secondary N) is 1. The first-order chi connectivity index (χ1) is 17.5. The molecule has 0 radical (unpaired) electrons. The van der Waals surface area contributed by atoms with Gasteiger partial charge in [-0.15, -0.1) is 5.10 Å². The van der Waals surface area contributed by atoms with Crippen molar-refractivity contribution in [2.24, 2.45) is 0 Å². The monoisotopic (exact) mass is 477 g/mol. The van der Waals surface area contributed by atoms with E-state index < -0.39 is 5.78 Å². The number of tetrazole rings is 1. The summed E-state index contributed by atoms with van der Waals surface area (Å²) < 4.78 is 1.84. The van der Waals surface area contributed by atoms with Crippen LogP contribution in [0.25, 0.3) is 22.5 Å². The van der Waals surface area contributed by atoms with Gasteiger partial charge < -0.3 is 4.57 Å². The van der Waals surface area contributed by atoms with Crippen LogP contribution < -0.4 is 0 Å². The van der Waals surface area contributed by atoms with E-state index in [-0.39, 0.29) is 28.3 Å². The lowest BCUT2D eigenvalue weighted by Gasteiger charge is -2.16. The van der Waals surface area contributed by atoms with Crippen LogP contribution in [0.5, 0.6) is 0 Å². The van der Waals surface area contributed by atoms with Crippen LogP contribution in [-0.2, 0) is 13.0 Å². The zero-order valence-electron chi connectivity index (χ0n) is 19.9. The van der Waals surface area contributed by atoms with Gasteiger partial charge in [0.1, 0.15) is 28.9 Å². The van der Waals surface area contributed by atoms with Gasteiger partial charge in [-0.05, 0) is 40.5 Å². The molecule has 5 rings (SSSR count). The molecule has 0 atom stereocenters. The molecule has 0 bridgehead atoms. The number of carbonyl (C=O) groups is 2. The normalized spacial score (nSPS) is 13.1. The molecule has 0 unspecified atom stereocenters. The van der Waals surface area contributed by atoms with Gasteiger partial charge in [-0.25, -0.2) is 10.1 Å². The fourth-order valence-electron chi connectivity index (χ4n) is 4.49. The number of aryl methyl sites for hydroxylation is 1. The second-order valence-electron chi connectivity index (χ2n) is 8.68. The molecule has 2 aromatic heterocycles. The van der Waals surface area contributed by atoms with Crippen LogP contribution in [-0.4, -0.2) is 41.7 Å². The third-order valence-electron chi connectivity index (χ3n) is 6.42. The molecule has 0 amide bonds. The Morgan fingerprint density at radius 3 is 2.44 bits per heavy atom. The molecule has 0 saturated heterocycles. The zero-order chi connectivity index (χ0) is 25.2. The number of hydrogen-bond acceptors (Lipinski definition) is 7. The van der Waals surface area contributed by atoms with Crippen LogP contribution in [0.4, 0.5) is 0 Å². The van der Waals surface area contributed by atoms with Gasteiger partial charge in [0.05, 0.1) is 0 Å². The minimum absolute atomic E-state index is 0.0828. The van der Waals surface area contributed by atoms with Crippen molar-refractivity contribution in [1.82, 2.24) is 30.2 Å². The topological polar surface area (TPSA) is 130 Å². The number of unbranched alkanes of at least 4 members (excludes halogenated alkanes) is 1. The lowest BCUT2D eigenvalue weighted by atomic mass is 9.91. The summed E-state index contributed by atoms with van der Waals surface area (Å²) in [6.45, 7) is 4.00. The number of nitrogens with zero attached hydrogens (tertiary/aromatic N) is 6. The molecule has 4 aromatic rings. The first kappa shape index (κ1) is 23.1. The number of aromatic nitrogens is 6. The number of benzene rings is 2. The van der Waals surface area contributed by atoms with Crippen LogP contribution >= 0.6 is 0 Å². The Morgan fingerprint density at radius 1 is 1.03 bits per heavy atom.